The second-order valence-corrected chi connectivity index (χ2v) is 4.86. The van der Waals surface area contributed by atoms with E-state index < -0.39 is 0 Å². The van der Waals surface area contributed by atoms with E-state index in [1.165, 1.54) is 0 Å². The highest BCUT2D eigenvalue weighted by Gasteiger charge is 2.03. The molecule has 0 fully saturated rings. The van der Waals surface area contributed by atoms with Crippen LogP contribution in [0.25, 0.3) is 0 Å². The van der Waals surface area contributed by atoms with Crippen molar-refractivity contribution in [2.45, 2.75) is 17.6 Å². The molecule has 5 heteroatoms. The first-order valence-electron chi connectivity index (χ1n) is 4.75. The van der Waals surface area contributed by atoms with Crippen LogP contribution in [0.1, 0.15) is 11.5 Å². The molecule has 16 heavy (non-hydrogen) atoms. The number of nitrogens with two attached hydrogens (primary N) is 1. The van der Waals surface area contributed by atoms with E-state index >= 15 is 0 Å². The maximum atomic E-state index is 5.93. The Morgan fingerprint density at radius 1 is 1.44 bits per heavy atom. The van der Waals surface area contributed by atoms with Crippen molar-refractivity contribution in [2.24, 2.45) is 0 Å². The molecule has 2 rings (SSSR count). The number of nitrogen functional groups attached to an aromatic ring is 1. The van der Waals surface area contributed by atoms with Crippen molar-refractivity contribution in [1.29, 1.82) is 0 Å². The minimum atomic E-state index is 0.582. The van der Waals surface area contributed by atoms with E-state index in [9.17, 15) is 0 Å². The molecule has 0 radical (unpaired) electrons. The minimum Gasteiger partial charge on any atom is -0.398 e. The van der Waals surface area contributed by atoms with Crippen LogP contribution in [0.5, 0.6) is 0 Å². The van der Waals surface area contributed by atoms with Crippen LogP contribution in [0.3, 0.4) is 0 Å². The number of thioether (sulfide) groups is 1. The monoisotopic (exact) mass is 254 g/mol. The van der Waals surface area contributed by atoms with Crippen LogP contribution in [-0.2, 0) is 5.75 Å². The molecule has 3 nitrogen and oxygen atoms in total. The molecule has 0 atom stereocenters. The Bertz CT molecular complexity index is 498. The van der Waals surface area contributed by atoms with Gasteiger partial charge < -0.3 is 10.3 Å². The molecule has 0 bridgehead atoms. The van der Waals surface area contributed by atoms with Gasteiger partial charge in [0.25, 0.3) is 0 Å². The van der Waals surface area contributed by atoms with Gasteiger partial charge in [-0.2, -0.15) is 0 Å². The van der Waals surface area contributed by atoms with Crippen LogP contribution >= 0.6 is 23.4 Å². The zero-order chi connectivity index (χ0) is 11.5. The largest absolute Gasteiger partial charge is 0.398 e. The van der Waals surface area contributed by atoms with E-state index in [0.717, 1.165) is 22.1 Å². The average molecular weight is 255 g/mol. The summed E-state index contributed by atoms with van der Waals surface area (Å²) in [5.74, 6) is 1.59. The second kappa shape index (κ2) is 4.80. The van der Waals surface area contributed by atoms with Gasteiger partial charge in [-0.25, -0.2) is 0 Å². The molecule has 0 saturated carbocycles. The average Bonchev–Trinajstić information content (AvgIpc) is 2.66. The van der Waals surface area contributed by atoms with Crippen molar-refractivity contribution in [1.82, 2.24) is 5.16 Å². The summed E-state index contributed by atoms with van der Waals surface area (Å²) < 4.78 is 5.11. The Hall–Kier alpha value is -1.13. The molecule has 0 aliphatic rings. The number of benzene rings is 1. The first kappa shape index (κ1) is 11.4. The number of aryl methyl sites for hydroxylation is 1. The van der Waals surface area contributed by atoms with E-state index in [0.29, 0.717) is 10.7 Å². The Morgan fingerprint density at radius 2 is 2.25 bits per heavy atom. The van der Waals surface area contributed by atoms with Crippen LogP contribution in [0.2, 0.25) is 5.02 Å². The van der Waals surface area contributed by atoms with Crippen molar-refractivity contribution < 1.29 is 4.52 Å². The van der Waals surface area contributed by atoms with Gasteiger partial charge in [0, 0.05) is 11.0 Å². The highest BCUT2D eigenvalue weighted by atomic mass is 35.5. The molecule has 0 aliphatic heterocycles. The molecule has 2 N–H and O–H groups in total. The van der Waals surface area contributed by atoms with Crippen molar-refractivity contribution in [3.63, 3.8) is 0 Å². The quantitative estimate of drug-likeness (QED) is 0.673. The summed E-state index contributed by atoms with van der Waals surface area (Å²) in [5.41, 5.74) is 7.12. The lowest BCUT2D eigenvalue weighted by atomic mass is 10.3. The van der Waals surface area contributed by atoms with Crippen LogP contribution in [0.15, 0.2) is 33.7 Å². The van der Waals surface area contributed by atoms with Gasteiger partial charge in [-0.3, -0.25) is 0 Å². The first-order chi connectivity index (χ1) is 7.65. The minimum absolute atomic E-state index is 0.582. The van der Waals surface area contributed by atoms with Crippen molar-refractivity contribution in [3.8, 4) is 0 Å². The molecule has 2 aromatic rings. The standard InChI is InChI=1S/C11H11ClN2OS/c1-7-4-8(15-14-7)6-16-9-2-3-11(13)10(12)5-9/h2-5H,6,13H2,1H3. The Labute approximate surface area is 103 Å². The summed E-state index contributed by atoms with van der Waals surface area (Å²) in [7, 11) is 0. The van der Waals surface area contributed by atoms with Gasteiger partial charge in [-0.05, 0) is 25.1 Å². The Morgan fingerprint density at radius 3 is 2.88 bits per heavy atom. The molecule has 0 saturated heterocycles. The predicted octanol–water partition coefficient (Wildman–Crippen LogP) is 3.51. The summed E-state index contributed by atoms with van der Waals surface area (Å²) in [6.07, 6.45) is 0. The van der Waals surface area contributed by atoms with Crippen molar-refractivity contribution in [2.75, 3.05) is 5.73 Å². The number of hydrogen-bond donors (Lipinski definition) is 1. The molecule has 1 aromatic heterocycles. The van der Waals surface area contributed by atoms with Crippen LogP contribution in [0, 0.1) is 6.92 Å². The van der Waals surface area contributed by atoms with Crippen molar-refractivity contribution >= 4 is 29.1 Å². The molecule has 0 unspecified atom stereocenters. The number of nitrogens with zero attached hydrogens (tertiary/aromatic N) is 1. The summed E-state index contributed by atoms with van der Waals surface area (Å²) >= 11 is 7.56. The van der Waals surface area contributed by atoms with E-state index in [2.05, 4.69) is 5.16 Å². The van der Waals surface area contributed by atoms with Gasteiger partial charge in [0.15, 0.2) is 0 Å². The van der Waals surface area contributed by atoms with Gasteiger partial charge in [0.2, 0.25) is 0 Å². The van der Waals surface area contributed by atoms with Crippen LogP contribution in [-0.4, -0.2) is 5.16 Å². The fourth-order valence-electron chi connectivity index (χ4n) is 1.24. The Balaban J connectivity index is 2.02. The first-order valence-corrected chi connectivity index (χ1v) is 6.11. The van der Waals surface area contributed by atoms with Gasteiger partial charge >= 0.3 is 0 Å². The summed E-state index contributed by atoms with van der Waals surface area (Å²) in [6, 6.07) is 7.52. The number of halogens is 1. The fraction of sp³-hybridized carbons (Fsp3) is 0.182. The molecular weight excluding hydrogens is 244 g/mol. The topological polar surface area (TPSA) is 52.0 Å². The van der Waals surface area contributed by atoms with Gasteiger partial charge in [-0.15, -0.1) is 11.8 Å². The number of rotatable bonds is 3. The number of hydrogen-bond acceptors (Lipinski definition) is 4. The van der Waals surface area contributed by atoms with Gasteiger partial charge in [-0.1, -0.05) is 16.8 Å². The highest BCUT2D eigenvalue weighted by Crippen LogP contribution is 2.28. The van der Waals surface area contributed by atoms with E-state index in [1.807, 2.05) is 25.1 Å². The summed E-state index contributed by atoms with van der Waals surface area (Å²) in [5, 5.41) is 4.41. The third-order valence-corrected chi connectivity index (χ3v) is 3.37. The SMILES string of the molecule is Cc1cc(CSc2ccc(N)c(Cl)c2)on1. The van der Waals surface area contributed by atoms with E-state index in [1.54, 1.807) is 17.8 Å². The van der Waals surface area contributed by atoms with E-state index in [4.69, 9.17) is 21.9 Å². The lowest BCUT2D eigenvalue weighted by molar-refractivity contribution is 0.391. The van der Waals surface area contributed by atoms with Crippen LogP contribution < -0.4 is 5.73 Å². The second-order valence-electron chi connectivity index (χ2n) is 3.41. The molecule has 84 valence electrons. The van der Waals surface area contributed by atoms with Crippen molar-refractivity contribution in [3.05, 3.63) is 40.7 Å². The maximum absolute atomic E-state index is 5.93. The van der Waals surface area contributed by atoms with Gasteiger partial charge in [0.05, 0.1) is 22.2 Å². The van der Waals surface area contributed by atoms with Crippen LogP contribution in [0.4, 0.5) is 5.69 Å². The third-order valence-electron chi connectivity index (χ3n) is 2.03. The molecule has 1 heterocycles. The maximum Gasteiger partial charge on any atom is 0.147 e. The normalized spacial score (nSPS) is 10.6. The molecule has 1 aromatic carbocycles. The highest BCUT2D eigenvalue weighted by molar-refractivity contribution is 7.98. The molecule has 0 spiro atoms. The molecule has 0 amide bonds. The zero-order valence-electron chi connectivity index (χ0n) is 8.74. The lowest BCUT2D eigenvalue weighted by Crippen LogP contribution is -1.85. The Kier molecular flexibility index (Phi) is 3.41. The number of aromatic nitrogens is 1. The molecule has 0 aliphatic carbocycles. The summed E-state index contributed by atoms with van der Waals surface area (Å²) in [4.78, 5) is 1.06. The lowest BCUT2D eigenvalue weighted by Gasteiger charge is -2.01. The van der Waals surface area contributed by atoms with Gasteiger partial charge in [0.1, 0.15) is 5.76 Å². The zero-order valence-corrected chi connectivity index (χ0v) is 10.3. The fourth-order valence-corrected chi connectivity index (χ4v) is 2.29. The van der Waals surface area contributed by atoms with E-state index in [-0.39, 0.29) is 0 Å². The third kappa shape index (κ3) is 2.71. The predicted molar refractivity (Wildman–Crippen MR) is 66.7 cm³/mol. The smallest absolute Gasteiger partial charge is 0.147 e. The number of anilines is 1. The molecular formula is C11H11ClN2OS. The summed E-state index contributed by atoms with van der Waals surface area (Å²) in [6.45, 7) is 1.90.